The van der Waals surface area contributed by atoms with Crippen molar-refractivity contribution in [2.24, 2.45) is 0 Å². The third-order valence-corrected chi connectivity index (χ3v) is 2.73. The Bertz CT molecular complexity index is 727. The maximum atomic E-state index is 13.7. The number of benzene rings is 2. The van der Waals surface area contributed by atoms with Crippen LogP contribution in [0.1, 0.15) is 17.3 Å². The topological polar surface area (TPSA) is 58.2 Å². The summed E-state index contributed by atoms with van der Waals surface area (Å²) in [6.07, 6.45) is 0. The molecule has 7 heteroatoms. The highest BCUT2D eigenvalue weighted by molar-refractivity contribution is 6.05. The van der Waals surface area contributed by atoms with Gasteiger partial charge >= 0.3 is 0 Å². The molecule has 0 bridgehead atoms. The van der Waals surface area contributed by atoms with Crippen LogP contribution in [0.25, 0.3) is 0 Å². The first-order chi connectivity index (χ1) is 10.4. The first kappa shape index (κ1) is 15.6. The summed E-state index contributed by atoms with van der Waals surface area (Å²) in [6.45, 7) is 1.25. The van der Waals surface area contributed by atoms with E-state index in [1.807, 2.05) is 5.32 Å². The molecular formula is C15H11F3N2O2. The lowest BCUT2D eigenvalue weighted by atomic mass is 10.1. The summed E-state index contributed by atoms with van der Waals surface area (Å²) in [5, 5.41) is 4.35. The van der Waals surface area contributed by atoms with Crippen LogP contribution in [-0.2, 0) is 4.79 Å². The Balaban J connectivity index is 2.31. The zero-order valence-corrected chi connectivity index (χ0v) is 11.4. The molecule has 0 atom stereocenters. The number of para-hydroxylation sites is 1. The van der Waals surface area contributed by atoms with Crippen molar-refractivity contribution in [3.63, 3.8) is 0 Å². The molecule has 0 aromatic heterocycles. The summed E-state index contributed by atoms with van der Waals surface area (Å²) in [6, 6.07) is 6.36. The lowest BCUT2D eigenvalue weighted by Gasteiger charge is -2.10. The van der Waals surface area contributed by atoms with Gasteiger partial charge in [0.1, 0.15) is 23.1 Å². The normalized spacial score (nSPS) is 10.2. The Morgan fingerprint density at radius 2 is 1.55 bits per heavy atom. The summed E-state index contributed by atoms with van der Waals surface area (Å²) < 4.78 is 40.6. The zero-order chi connectivity index (χ0) is 16.3. The summed E-state index contributed by atoms with van der Waals surface area (Å²) in [4.78, 5) is 22.9. The molecule has 2 N–H and O–H groups in total. The van der Waals surface area contributed by atoms with Gasteiger partial charge in [-0.3, -0.25) is 9.59 Å². The van der Waals surface area contributed by atoms with Gasteiger partial charge in [-0.1, -0.05) is 6.07 Å². The second-order valence-electron chi connectivity index (χ2n) is 4.43. The van der Waals surface area contributed by atoms with E-state index in [4.69, 9.17) is 0 Å². The standard InChI is InChI=1S/C15H11F3N2O2/c1-8(21)19-9-5-6-11(16)10(7-9)15(22)20-14-12(17)3-2-4-13(14)18/h2-7H,1H3,(H,19,21)(H,20,22). The number of nitrogens with one attached hydrogen (secondary N) is 2. The number of hydrogen-bond acceptors (Lipinski definition) is 2. The monoisotopic (exact) mass is 308 g/mol. The summed E-state index contributed by atoms with van der Waals surface area (Å²) >= 11 is 0. The van der Waals surface area contributed by atoms with E-state index in [-0.39, 0.29) is 5.69 Å². The van der Waals surface area contributed by atoms with E-state index in [0.717, 1.165) is 30.3 Å². The highest BCUT2D eigenvalue weighted by Crippen LogP contribution is 2.21. The van der Waals surface area contributed by atoms with Crippen molar-refractivity contribution < 1.29 is 22.8 Å². The Labute approximate surface area is 124 Å². The molecule has 0 spiro atoms. The number of amides is 2. The first-order valence-electron chi connectivity index (χ1n) is 6.21. The van der Waals surface area contributed by atoms with Crippen molar-refractivity contribution in [2.75, 3.05) is 10.6 Å². The minimum Gasteiger partial charge on any atom is -0.326 e. The molecule has 0 saturated heterocycles. The molecule has 2 rings (SSSR count). The van der Waals surface area contributed by atoms with Crippen molar-refractivity contribution in [1.82, 2.24) is 0 Å². The molecule has 0 aliphatic heterocycles. The molecule has 0 radical (unpaired) electrons. The second-order valence-corrected chi connectivity index (χ2v) is 4.43. The fourth-order valence-corrected chi connectivity index (χ4v) is 1.78. The molecule has 2 aromatic carbocycles. The fraction of sp³-hybridized carbons (Fsp3) is 0.0667. The van der Waals surface area contributed by atoms with Crippen LogP contribution in [-0.4, -0.2) is 11.8 Å². The van der Waals surface area contributed by atoms with Gasteiger partial charge < -0.3 is 10.6 Å². The minimum absolute atomic E-state index is 0.188. The number of rotatable bonds is 3. The van der Waals surface area contributed by atoms with E-state index in [9.17, 15) is 22.8 Å². The Hall–Kier alpha value is -2.83. The van der Waals surface area contributed by atoms with Crippen LogP contribution < -0.4 is 10.6 Å². The van der Waals surface area contributed by atoms with Gasteiger partial charge in [0.15, 0.2) is 0 Å². The maximum Gasteiger partial charge on any atom is 0.258 e. The molecular weight excluding hydrogens is 297 g/mol. The molecule has 0 saturated carbocycles. The van der Waals surface area contributed by atoms with Crippen molar-refractivity contribution >= 4 is 23.2 Å². The van der Waals surface area contributed by atoms with E-state index in [0.29, 0.717) is 0 Å². The second kappa shape index (κ2) is 6.30. The molecule has 0 unspecified atom stereocenters. The largest absolute Gasteiger partial charge is 0.326 e. The molecule has 114 valence electrons. The van der Waals surface area contributed by atoms with E-state index in [1.54, 1.807) is 0 Å². The third kappa shape index (κ3) is 3.43. The van der Waals surface area contributed by atoms with E-state index in [2.05, 4.69) is 5.32 Å². The van der Waals surface area contributed by atoms with Crippen molar-refractivity contribution in [1.29, 1.82) is 0 Å². The smallest absolute Gasteiger partial charge is 0.258 e. The predicted octanol–water partition coefficient (Wildman–Crippen LogP) is 3.31. The average Bonchev–Trinajstić information content (AvgIpc) is 2.44. The molecule has 4 nitrogen and oxygen atoms in total. The van der Waals surface area contributed by atoms with Crippen LogP contribution in [0.4, 0.5) is 24.5 Å². The molecule has 0 aliphatic carbocycles. The number of carbonyl (C=O) groups excluding carboxylic acids is 2. The predicted molar refractivity (Wildman–Crippen MR) is 75.0 cm³/mol. The first-order valence-corrected chi connectivity index (χ1v) is 6.21. The lowest BCUT2D eigenvalue weighted by molar-refractivity contribution is -0.114. The van der Waals surface area contributed by atoms with Crippen molar-refractivity contribution in [3.05, 3.63) is 59.4 Å². The number of hydrogen-bond donors (Lipinski definition) is 2. The zero-order valence-electron chi connectivity index (χ0n) is 11.4. The molecule has 2 amide bonds. The Kier molecular flexibility index (Phi) is 4.45. The van der Waals surface area contributed by atoms with Gasteiger partial charge in [0.05, 0.1) is 5.56 Å². The molecule has 0 heterocycles. The summed E-state index contributed by atoms with van der Waals surface area (Å²) in [5.74, 6) is -4.28. The third-order valence-electron chi connectivity index (χ3n) is 2.73. The Morgan fingerprint density at radius 1 is 0.909 bits per heavy atom. The SMILES string of the molecule is CC(=O)Nc1ccc(F)c(C(=O)Nc2c(F)cccc2F)c1. The van der Waals surface area contributed by atoms with Crippen LogP contribution in [0, 0.1) is 17.5 Å². The van der Waals surface area contributed by atoms with Crippen LogP contribution in [0.3, 0.4) is 0 Å². The minimum atomic E-state index is -1.03. The number of halogens is 3. The van der Waals surface area contributed by atoms with Crippen LogP contribution in [0.2, 0.25) is 0 Å². The number of anilines is 2. The van der Waals surface area contributed by atoms with Crippen LogP contribution in [0.5, 0.6) is 0 Å². The Morgan fingerprint density at radius 3 is 2.14 bits per heavy atom. The molecule has 0 aliphatic rings. The van der Waals surface area contributed by atoms with Crippen molar-refractivity contribution in [2.45, 2.75) is 6.92 Å². The van der Waals surface area contributed by atoms with Crippen LogP contribution >= 0.6 is 0 Å². The highest BCUT2D eigenvalue weighted by atomic mass is 19.1. The molecule has 22 heavy (non-hydrogen) atoms. The quantitative estimate of drug-likeness (QED) is 0.914. The summed E-state index contributed by atoms with van der Waals surface area (Å²) in [5.41, 5.74) is -0.932. The van der Waals surface area contributed by atoms with Gasteiger partial charge in [-0.05, 0) is 30.3 Å². The summed E-state index contributed by atoms with van der Waals surface area (Å²) in [7, 11) is 0. The van der Waals surface area contributed by atoms with Gasteiger partial charge in [0, 0.05) is 12.6 Å². The van der Waals surface area contributed by atoms with Gasteiger partial charge in [-0.2, -0.15) is 0 Å². The lowest BCUT2D eigenvalue weighted by Crippen LogP contribution is -2.16. The maximum absolute atomic E-state index is 13.7. The molecule has 0 fully saturated rings. The van der Waals surface area contributed by atoms with Gasteiger partial charge in [0.2, 0.25) is 5.91 Å². The van der Waals surface area contributed by atoms with Gasteiger partial charge in [0.25, 0.3) is 5.91 Å². The van der Waals surface area contributed by atoms with Gasteiger partial charge in [-0.15, -0.1) is 0 Å². The number of carbonyl (C=O) groups is 2. The van der Waals surface area contributed by atoms with Crippen molar-refractivity contribution in [3.8, 4) is 0 Å². The fourth-order valence-electron chi connectivity index (χ4n) is 1.78. The van der Waals surface area contributed by atoms with E-state index in [1.165, 1.54) is 13.0 Å². The van der Waals surface area contributed by atoms with Gasteiger partial charge in [-0.25, -0.2) is 13.2 Å². The molecule has 2 aromatic rings. The average molecular weight is 308 g/mol. The highest BCUT2D eigenvalue weighted by Gasteiger charge is 2.17. The van der Waals surface area contributed by atoms with E-state index < -0.39 is 40.5 Å². The van der Waals surface area contributed by atoms with Crippen LogP contribution in [0.15, 0.2) is 36.4 Å². The van der Waals surface area contributed by atoms with E-state index >= 15 is 0 Å².